The van der Waals surface area contributed by atoms with Gasteiger partial charge in [-0.25, -0.2) is 4.98 Å². The molecule has 0 bridgehead atoms. The van der Waals surface area contributed by atoms with Crippen LogP contribution in [0.25, 0.3) is 0 Å². The van der Waals surface area contributed by atoms with E-state index in [4.69, 9.17) is 5.11 Å². The quantitative estimate of drug-likeness (QED) is 0.690. The number of rotatable bonds is 4. The average molecular weight is 428 g/mol. The largest absolute Gasteiger partial charge is 0.481 e. The van der Waals surface area contributed by atoms with Crippen LogP contribution in [0.15, 0.2) is 18.3 Å². The third-order valence-electron chi connectivity index (χ3n) is 6.74. The van der Waals surface area contributed by atoms with Crippen LogP contribution in [0.4, 0.5) is 5.82 Å². The molecule has 3 aliphatic rings. The van der Waals surface area contributed by atoms with E-state index in [1.165, 1.54) is 0 Å². The van der Waals surface area contributed by atoms with Gasteiger partial charge in [-0.15, -0.1) is 0 Å². The number of carbonyl (C=O) groups excluding carboxylic acids is 3. The fraction of sp³-hybridized carbons (Fsp3) is 0.591. The van der Waals surface area contributed by atoms with Gasteiger partial charge in [0, 0.05) is 44.7 Å². The van der Waals surface area contributed by atoms with Crippen LogP contribution in [0.5, 0.6) is 0 Å². The lowest BCUT2D eigenvalue weighted by Crippen LogP contribution is -2.46. The lowest BCUT2D eigenvalue weighted by Gasteiger charge is -2.37. The number of imide groups is 1. The third kappa shape index (κ3) is 4.70. The summed E-state index contributed by atoms with van der Waals surface area (Å²) >= 11 is 0. The molecule has 0 aromatic carbocycles. The molecule has 9 nitrogen and oxygen atoms in total. The predicted molar refractivity (Wildman–Crippen MR) is 111 cm³/mol. The first kappa shape index (κ1) is 21.3. The first-order valence-electron chi connectivity index (χ1n) is 11.0. The molecule has 1 unspecified atom stereocenters. The molecule has 9 heteroatoms. The summed E-state index contributed by atoms with van der Waals surface area (Å²) in [4.78, 5) is 55.8. The highest BCUT2D eigenvalue weighted by molar-refractivity contribution is 6.00. The molecule has 3 fully saturated rings. The maximum Gasteiger partial charge on any atom is 0.306 e. The molecule has 4 rings (SSSR count). The van der Waals surface area contributed by atoms with E-state index in [0.29, 0.717) is 38.8 Å². The van der Waals surface area contributed by atoms with Crippen molar-refractivity contribution in [1.82, 2.24) is 15.2 Å². The molecule has 3 aliphatic heterocycles. The number of pyridine rings is 1. The second kappa shape index (κ2) is 9.03. The van der Waals surface area contributed by atoms with E-state index in [0.717, 1.165) is 37.3 Å². The van der Waals surface area contributed by atoms with Gasteiger partial charge >= 0.3 is 5.97 Å². The van der Waals surface area contributed by atoms with E-state index in [9.17, 15) is 19.2 Å². The lowest BCUT2D eigenvalue weighted by atomic mass is 9.91. The van der Waals surface area contributed by atoms with Crippen molar-refractivity contribution in [2.75, 3.05) is 31.1 Å². The maximum absolute atomic E-state index is 12.8. The normalized spacial score (nSPS) is 23.5. The first-order chi connectivity index (χ1) is 14.9. The molecule has 0 saturated carbocycles. The Bertz CT molecular complexity index is 855. The molecule has 166 valence electrons. The molecular weight excluding hydrogens is 400 g/mol. The SMILES string of the molecule is O=C1CCC(c2ccc(N3CCC(C(=O)N4CCC(C(=O)O)CC4)CC3)nc2)C(=O)N1. The van der Waals surface area contributed by atoms with Gasteiger partial charge < -0.3 is 14.9 Å². The van der Waals surface area contributed by atoms with E-state index in [1.807, 2.05) is 17.0 Å². The number of hydrogen-bond donors (Lipinski definition) is 2. The second-order valence-electron chi connectivity index (χ2n) is 8.65. The Kier molecular flexibility index (Phi) is 6.20. The molecule has 0 aliphatic carbocycles. The van der Waals surface area contributed by atoms with Crippen molar-refractivity contribution in [3.05, 3.63) is 23.9 Å². The Morgan fingerprint density at radius 2 is 1.65 bits per heavy atom. The number of nitrogens with one attached hydrogen (secondary N) is 1. The number of aromatic nitrogens is 1. The van der Waals surface area contributed by atoms with Crippen LogP contribution >= 0.6 is 0 Å². The summed E-state index contributed by atoms with van der Waals surface area (Å²) in [6.07, 6.45) is 5.10. The fourth-order valence-electron chi connectivity index (χ4n) is 4.76. The van der Waals surface area contributed by atoms with Crippen LogP contribution in [0.1, 0.15) is 50.0 Å². The number of amides is 3. The van der Waals surface area contributed by atoms with Crippen molar-refractivity contribution >= 4 is 29.5 Å². The van der Waals surface area contributed by atoms with Gasteiger partial charge in [-0.2, -0.15) is 0 Å². The number of aliphatic carboxylic acids is 1. The fourth-order valence-corrected chi connectivity index (χ4v) is 4.76. The van der Waals surface area contributed by atoms with Gasteiger partial charge in [0.15, 0.2) is 0 Å². The van der Waals surface area contributed by atoms with Gasteiger partial charge in [-0.3, -0.25) is 24.5 Å². The molecule has 0 spiro atoms. The van der Waals surface area contributed by atoms with E-state index in [-0.39, 0.29) is 35.5 Å². The molecule has 1 atom stereocenters. The minimum absolute atomic E-state index is 0.0274. The first-order valence-corrected chi connectivity index (χ1v) is 11.0. The van der Waals surface area contributed by atoms with Gasteiger partial charge in [0.25, 0.3) is 0 Å². The van der Waals surface area contributed by atoms with Crippen molar-refractivity contribution in [3.63, 3.8) is 0 Å². The number of likely N-dealkylation sites (tertiary alicyclic amines) is 1. The van der Waals surface area contributed by atoms with Gasteiger partial charge in [0.2, 0.25) is 17.7 Å². The van der Waals surface area contributed by atoms with E-state index in [2.05, 4.69) is 15.2 Å². The lowest BCUT2D eigenvalue weighted by molar-refractivity contribution is -0.147. The number of nitrogens with zero attached hydrogens (tertiary/aromatic N) is 3. The standard InChI is InChI=1S/C22H28N4O5/c27-19-4-2-17(20(28)24-19)16-1-3-18(23-13-16)25-9-5-14(6-10-25)21(29)26-11-7-15(8-12-26)22(30)31/h1,3,13-15,17H,2,4-12H2,(H,30,31)(H,24,27,28). The van der Waals surface area contributed by atoms with Crippen molar-refractivity contribution < 1.29 is 24.3 Å². The van der Waals surface area contributed by atoms with Crippen molar-refractivity contribution in [3.8, 4) is 0 Å². The summed E-state index contributed by atoms with van der Waals surface area (Å²) in [5.41, 5.74) is 0.809. The zero-order valence-corrected chi connectivity index (χ0v) is 17.5. The van der Waals surface area contributed by atoms with E-state index in [1.54, 1.807) is 6.20 Å². The van der Waals surface area contributed by atoms with Crippen LogP contribution in [-0.4, -0.2) is 64.9 Å². The van der Waals surface area contributed by atoms with Crippen LogP contribution in [0.2, 0.25) is 0 Å². The third-order valence-corrected chi connectivity index (χ3v) is 6.74. The Hall–Kier alpha value is -2.97. The summed E-state index contributed by atoms with van der Waals surface area (Å²) in [5.74, 6) is -0.995. The van der Waals surface area contributed by atoms with Crippen molar-refractivity contribution in [1.29, 1.82) is 0 Å². The van der Waals surface area contributed by atoms with Gasteiger partial charge in [0.05, 0.1) is 11.8 Å². The number of hydrogen-bond acceptors (Lipinski definition) is 6. The second-order valence-corrected chi connectivity index (χ2v) is 8.65. The van der Waals surface area contributed by atoms with Crippen LogP contribution < -0.4 is 10.2 Å². The highest BCUT2D eigenvalue weighted by atomic mass is 16.4. The van der Waals surface area contributed by atoms with Crippen LogP contribution in [-0.2, 0) is 19.2 Å². The molecular formula is C22H28N4O5. The van der Waals surface area contributed by atoms with Gasteiger partial charge in [-0.1, -0.05) is 6.07 Å². The monoisotopic (exact) mass is 428 g/mol. The van der Waals surface area contributed by atoms with E-state index < -0.39 is 5.97 Å². The van der Waals surface area contributed by atoms with Gasteiger partial charge in [-0.05, 0) is 43.7 Å². The summed E-state index contributed by atoms with van der Waals surface area (Å²) in [7, 11) is 0. The summed E-state index contributed by atoms with van der Waals surface area (Å²) in [6.45, 7) is 2.51. The zero-order chi connectivity index (χ0) is 22.0. The van der Waals surface area contributed by atoms with Crippen LogP contribution in [0.3, 0.4) is 0 Å². The van der Waals surface area contributed by atoms with Crippen molar-refractivity contribution in [2.45, 2.75) is 44.4 Å². The molecule has 3 saturated heterocycles. The molecule has 1 aromatic heterocycles. The number of carbonyl (C=O) groups is 4. The Morgan fingerprint density at radius 1 is 0.968 bits per heavy atom. The molecule has 4 heterocycles. The zero-order valence-electron chi connectivity index (χ0n) is 17.5. The maximum atomic E-state index is 12.8. The molecule has 3 amide bonds. The topological polar surface area (TPSA) is 120 Å². The Labute approximate surface area is 180 Å². The molecule has 31 heavy (non-hydrogen) atoms. The van der Waals surface area contributed by atoms with Crippen LogP contribution in [0, 0.1) is 11.8 Å². The molecule has 0 radical (unpaired) electrons. The molecule has 1 aromatic rings. The number of piperidine rings is 3. The number of anilines is 1. The number of carboxylic acids is 1. The van der Waals surface area contributed by atoms with E-state index >= 15 is 0 Å². The molecule has 2 N–H and O–H groups in total. The average Bonchev–Trinajstić information content (AvgIpc) is 2.79. The van der Waals surface area contributed by atoms with Gasteiger partial charge in [0.1, 0.15) is 5.82 Å². The Morgan fingerprint density at radius 3 is 2.23 bits per heavy atom. The highest BCUT2D eigenvalue weighted by Gasteiger charge is 2.33. The minimum atomic E-state index is -0.767. The minimum Gasteiger partial charge on any atom is -0.481 e. The summed E-state index contributed by atoms with van der Waals surface area (Å²) < 4.78 is 0. The summed E-state index contributed by atoms with van der Waals surface area (Å²) in [6, 6.07) is 3.80. The predicted octanol–water partition coefficient (Wildman–Crippen LogP) is 1.14. The highest BCUT2D eigenvalue weighted by Crippen LogP contribution is 2.28. The Balaban J connectivity index is 1.29. The number of carboxylic acid groups (broad SMARTS) is 1. The summed E-state index contributed by atoms with van der Waals surface area (Å²) in [5, 5.41) is 11.5. The smallest absolute Gasteiger partial charge is 0.306 e. The van der Waals surface area contributed by atoms with Crippen molar-refractivity contribution in [2.24, 2.45) is 11.8 Å².